The number of fused-ring (bicyclic) bond motifs is 7. The molecule has 0 heterocycles. The fraction of sp³-hybridized carbons (Fsp3) is 0.895. The molecule has 0 bridgehead atoms. The standard InChI is InChI=1S/C38H62O4/c1-10-12-13-26(11-2)32(40)42-33(41)38-21-16-24(3)25(4)31(38)27-14-15-29-35(7)19-18-30(39)34(5,6)28(35)17-20-37(29,9)36(27,8)22-23-38/h14,24-26,28-31,39H,10-13,15-23H2,1-9H3/t24-,25+,26?,28?,29-,30+,31+,35+,36-,37-,38+/m1/s1. The molecule has 0 saturated heterocycles. The number of unbranched alkanes of at least 4 members (excludes halogenated alkanes) is 1. The molecule has 5 rings (SSSR count). The highest BCUT2D eigenvalue weighted by Crippen LogP contribution is 2.75. The first-order chi connectivity index (χ1) is 19.6. The summed E-state index contributed by atoms with van der Waals surface area (Å²) < 4.78 is 5.92. The topological polar surface area (TPSA) is 63.6 Å². The van der Waals surface area contributed by atoms with E-state index in [1.54, 1.807) is 0 Å². The first-order valence-electron chi connectivity index (χ1n) is 17.8. The summed E-state index contributed by atoms with van der Waals surface area (Å²) in [6, 6.07) is 0. The number of hydrogen-bond donors (Lipinski definition) is 1. The lowest BCUT2D eigenvalue weighted by molar-refractivity contribution is -0.208. The average Bonchev–Trinajstić information content (AvgIpc) is 2.93. The first-order valence-corrected chi connectivity index (χ1v) is 17.8. The molecule has 0 spiro atoms. The summed E-state index contributed by atoms with van der Waals surface area (Å²) in [6.07, 6.45) is 15.1. The van der Waals surface area contributed by atoms with E-state index in [1.807, 2.05) is 6.92 Å². The molecular formula is C38H62O4. The van der Waals surface area contributed by atoms with Crippen molar-refractivity contribution in [3.63, 3.8) is 0 Å². The summed E-state index contributed by atoms with van der Waals surface area (Å²) in [7, 11) is 0. The van der Waals surface area contributed by atoms with Crippen LogP contribution in [-0.4, -0.2) is 23.1 Å². The van der Waals surface area contributed by atoms with Gasteiger partial charge >= 0.3 is 11.9 Å². The minimum atomic E-state index is -0.586. The SMILES string of the molecule is CCCCC(CC)C(=O)OC(=O)[C@]12CC[C@@H](C)[C@H](C)[C@H]1C1=CC[C@@H]3[C@@]4(C)CC[C@H](O)C(C)(C)C4CC[C@@]3(C)[C@]1(C)CC2. The summed E-state index contributed by atoms with van der Waals surface area (Å²) in [5.41, 5.74) is 1.27. The summed E-state index contributed by atoms with van der Waals surface area (Å²) in [4.78, 5) is 27.6. The Morgan fingerprint density at radius 2 is 1.67 bits per heavy atom. The second-order valence-electron chi connectivity index (χ2n) is 17.1. The van der Waals surface area contributed by atoms with E-state index in [0.29, 0.717) is 23.7 Å². The average molecular weight is 583 g/mol. The molecule has 1 N–H and O–H groups in total. The highest BCUT2D eigenvalue weighted by molar-refractivity contribution is 5.90. The second kappa shape index (κ2) is 11.0. The lowest BCUT2D eigenvalue weighted by atomic mass is 9.33. The zero-order valence-electron chi connectivity index (χ0n) is 28.5. The normalized spacial score (nSPS) is 46.7. The van der Waals surface area contributed by atoms with E-state index >= 15 is 0 Å². The number of rotatable bonds is 6. The third-order valence-corrected chi connectivity index (χ3v) is 15.3. The van der Waals surface area contributed by atoms with Gasteiger partial charge in [0.1, 0.15) is 0 Å². The van der Waals surface area contributed by atoms with Crippen LogP contribution in [0, 0.1) is 62.6 Å². The number of carbonyl (C=O) groups excluding carboxylic acids is 2. The number of hydrogen-bond acceptors (Lipinski definition) is 4. The number of carbonyl (C=O) groups is 2. The third-order valence-electron chi connectivity index (χ3n) is 15.3. The maximum Gasteiger partial charge on any atom is 0.320 e. The summed E-state index contributed by atoms with van der Waals surface area (Å²) in [5, 5.41) is 11.0. The first kappa shape index (κ1) is 32.2. The van der Waals surface area contributed by atoms with Crippen LogP contribution in [-0.2, 0) is 14.3 Å². The van der Waals surface area contributed by atoms with Crippen molar-refractivity contribution < 1.29 is 19.4 Å². The van der Waals surface area contributed by atoms with Crippen LogP contribution in [0.5, 0.6) is 0 Å². The Hall–Kier alpha value is -1.16. The highest BCUT2D eigenvalue weighted by Gasteiger charge is 2.69. The molecule has 4 nitrogen and oxygen atoms in total. The number of aliphatic hydroxyl groups is 1. The molecule has 5 aliphatic rings. The summed E-state index contributed by atoms with van der Waals surface area (Å²) >= 11 is 0. The predicted octanol–water partition coefficient (Wildman–Crippen LogP) is 9.29. The largest absolute Gasteiger partial charge is 0.393 e. The molecule has 2 unspecified atom stereocenters. The van der Waals surface area contributed by atoms with Gasteiger partial charge < -0.3 is 9.84 Å². The van der Waals surface area contributed by atoms with E-state index in [9.17, 15) is 14.7 Å². The number of ether oxygens (including phenoxy) is 1. The molecule has 11 atom stereocenters. The van der Waals surface area contributed by atoms with Gasteiger partial charge in [0, 0.05) is 0 Å². The lowest BCUT2D eigenvalue weighted by Crippen LogP contribution is -2.65. The van der Waals surface area contributed by atoms with Gasteiger partial charge in [0.05, 0.1) is 17.4 Å². The number of esters is 2. The van der Waals surface area contributed by atoms with Crippen LogP contribution in [0.25, 0.3) is 0 Å². The van der Waals surface area contributed by atoms with Crippen LogP contribution in [0.15, 0.2) is 11.6 Å². The van der Waals surface area contributed by atoms with Gasteiger partial charge in [-0.25, -0.2) is 0 Å². The Kier molecular flexibility index (Phi) is 8.46. The second-order valence-corrected chi connectivity index (χ2v) is 17.1. The van der Waals surface area contributed by atoms with Gasteiger partial charge in [0.25, 0.3) is 0 Å². The van der Waals surface area contributed by atoms with E-state index in [1.165, 1.54) is 18.4 Å². The van der Waals surface area contributed by atoms with E-state index in [0.717, 1.165) is 70.6 Å². The van der Waals surface area contributed by atoms with Crippen LogP contribution >= 0.6 is 0 Å². The monoisotopic (exact) mass is 582 g/mol. The van der Waals surface area contributed by atoms with Gasteiger partial charge in [-0.05, 0) is 122 Å². The van der Waals surface area contributed by atoms with Crippen molar-refractivity contribution in [2.24, 2.45) is 62.6 Å². The van der Waals surface area contributed by atoms with Crippen LogP contribution in [0.1, 0.15) is 146 Å². The maximum atomic E-state index is 14.3. The Morgan fingerprint density at radius 1 is 0.952 bits per heavy atom. The Morgan fingerprint density at radius 3 is 2.33 bits per heavy atom. The van der Waals surface area contributed by atoms with Crippen molar-refractivity contribution in [3.05, 3.63) is 11.6 Å². The molecule has 5 aliphatic carbocycles. The molecule has 0 aromatic carbocycles. The molecule has 4 fully saturated rings. The van der Waals surface area contributed by atoms with Gasteiger partial charge in [-0.15, -0.1) is 0 Å². The Bertz CT molecular complexity index is 1090. The molecule has 0 aliphatic heterocycles. The van der Waals surface area contributed by atoms with Crippen molar-refractivity contribution in [1.29, 1.82) is 0 Å². The molecule has 238 valence electrons. The molecule has 0 radical (unpaired) electrons. The molecule has 0 amide bonds. The van der Waals surface area contributed by atoms with Crippen molar-refractivity contribution in [3.8, 4) is 0 Å². The van der Waals surface area contributed by atoms with Crippen LogP contribution in [0.2, 0.25) is 0 Å². The van der Waals surface area contributed by atoms with E-state index in [2.05, 4.69) is 61.5 Å². The quantitative estimate of drug-likeness (QED) is 0.193. The third kappa shape index (κ3) is 4.45. The molecule has 42 heavy (non-hydrogen) atoms. The Balaban J connectivity index is 1.51. The minimum Gasteiger partial charge on any atom is -0.393 e. The molecular weight excluding hydrogens is 520 g/mol. The van der Waals surface area contributed by atoms with Crippen LogP contribution < -0.4 is 0 Å². The fourth-order valence-electron chi connectivity index (χ4n) is 12.0. The zero-order valence-corrected chi connectivity index (χ0v) is 28.5. The summed E-state index contributed by atoms with van der Waals surface area (Å²) in [6.45, 7) is 21.2. The highest BCUT2D eigenvalue weighted by atomic mass is 16.6. The zero-order chi connectivity index (χ0) is 30.9. The van der Waals surface area contributed by atoms with E-state index in [-0.39, 0.29) is 51.5 Å². The lowest BCUT2D eigenvalue weighted by Gasteiger charge is -2.71. The fourth-order valence-corrected chi connectivity index (χ4v) is 12.0. The van der Waals surface area contributed by atoms with Gasteiger partial charge in [-0.1, -0.05) is 86.8 Å². The van der Waals surface area contributed by atoms with Gasteiger partial charge in [0.2, 0.25) is 0 Å². The van der Waals surface area contributed by atoms with E-state index in [4.69, 9.17) is 4.74 Å². The van der Waals surface area contributed by atoms with Crippen molar-refractivity contribution in [1.82, 2.24) is 0 Å². The Labute approximate surface area is 257 Å². The van der Waals surface area contributed by atoms with Gasteiger partial charge in [-0.3, -0.25) is 9.59 Å². The smallest absolute Gasteiger partial charge is 0.320 e. The summed E-state index contributed by atoms with van der Waals surface area (Å²) in [5.74, 6) is 1.48. The van der Waals surface area contributed by atoms with Crippen molar-refractivity contribution in [2.45, 2.75) is 152 Å². The van der Waals surface area contributed by atoms with Crippen LogP contribution in [0.4, 0.5) is 0 Å². The molecule has 0 aromatic heterocycles. The van der Waals surface area contributed by atoms with Crippen molar-refractivity contribution >= 4 is 11.9 Å². The van der Waals surface area contributed by atoms with Gasteiger partial charge in [0.15, 0.2) is 0 Å². The predicted molar refractivity (Wildman–Crippen MR) is 169 cm³/mol. The molecule has 4 saturated carbocycles. The minimum absolute atomic E-state index is 0.0287. The van der Waals surface area contributed by atoms with E-state index < -0.39 is 5.41 Å². The molecule has 4 heteroatoms. The van der Waals surface area contributed by atoms with Crippen molar-refractivity contribution in [2.75, 3.05) is 0 Å². The number of aliphatic hydroxyl groups excluding tert-OH is 1. The number of allylic oxidation sites excluding steroid dienone is 2. The van der Waals surface area contributed by atoms with Crippen LogP contribution in [0.3, 0.4) is 0 Å². The van der Waals surface area contributed by atoms with Gasteiger partial charge in [-0.2, -0.15) is 0 Å². The molecule has 0 aromatic rings. The maximum absolute atomic E-state index is 14.3.